The molecule has 0 bridgehead atoms. The van der Waals surface area contributed by atoms with E-state index in [0.717, 1.165) is 16.7 Å². The summed E-state index contributed by atoms with van der Waals surface area (Å²) in [5, 5.41) is 18.4. The van der Waals surface area contributed by atoms with E-state index in [9.17, 15) is 14.7 Å². The third kappa shape index (κ3) is 7.53. The number of rotatable bonds is 9. The molecule has 0 amide bonds. The monoisotopic (exact) mass is 568 g/mol. The van der Waals surface area contributed by atoms with Gasteiger partial charge in [0.2, 0.25) is 11.5 Å². The second-order valence-corrected chi connectivity index (χ2v) is 10.3. The van der Waals surface area contributed by atoms with Crippen LogP contribution in [0.3, 0.4) is 0 Å². The van der Waals surface area contributed by atoms with Crippen LogP contribution in [0.4, 0.5) is 0 Å². The van der Waals surface area contributed by atoms with Gasteiger partial charge in [0.05, 0.1) is 13.2 Å². The highest BCUT2D eigenvalue weighted by molar-refractivity contribution is 5.90. The molecule has 1 saturated heterocycles. The minimum absolute atomic E-state index is 0.112. The molecule has 0 aromatic heterocycles. The second kappa shape index (κ2) is 13.3. The lowest BCUT2D eigenvalue weighted by molar-refractivity contribution is -0.161. The van der Waals surface area contributed by atoms with Gasteiger partial charge >= 0.3 is 11.9 Å². The number of esters is 2. The Morgan fingerprint density at radius 2 is 1.37 bits per heavy atom. The molecule has 1 fully saturated rings. The number of cyclic esters (lactones) is 2. The zero-order valence-electron chi connectivity index (χ0n) is 23.6. The molecule has 3 aliphatic heterocycles. The number of aliphatic hydroxyl groups is 2. The van der Waals surface area contributed by atoms with E-state index in [1.165, 1.54) is 0 Å². The van der Waals surface area contributed by atoms with E-state index in [4.69, 9.17) is 33.5 Å². The Morgan fingerprint density at radius 3 is 1.85 bits per heavy atom. The predicted octanol–water partition coefficient (Wildman–Crippen LogP) is 3.31. The summed E-state index contributed by atoms with van der Waals surface area (Å²) in [6.07, 6.45) is -2.69. The Labute approximate surface area is 239 Å². The van der Waals surface area contributed by atoms with Crippen molar-refractivity contribution in [3.63, 3.8) is 0 Å². The molecule has 2 N–H and O–H groups in total. The van der Waals surface area contributed by atoms with Crippen molar-refractivity contribution in [3.05, 3.63) is 94.5 Å². The van der Waals surface area contributed by atoms with Crippen molar-refractivity contribution in [2.24, 2.45) is 0 Å². The molecule has 10 heteroatoms. The summed E-state index contributed by atoms with van der Waals surface area (Å²) in [5.41, 5.74) is 3.19. The van der Waals surface area contributed by atoms with Crippen molar-refractivity contribution in [2.75, 3.05) is 13.2 Å². The van der Waals surface area contributed by atoms with Crippen molar-refractivity contribution in [2.45, 2.75) is 71.1 Å². The molecule has 0 spiro atoms. The number of carbonyl (C=O) groups excluding carboxylic acids is 2. The molecule has 0 saturated carbocycles. The molecule has 0 radical (unpaired) electrons. The maximum atomic E-state index is 12.0. The topological polar surface area (TPSA) is 130 Å². The standard InChI is InChI=1S/C17H20O5.C14H16O5/c1-11-14(13-10-20-17(2,3)22-13)21-16(18)15(11)19-9-12-7-5-4-6-8-12;1-9-12(11(16)7-15)19-14(17)13(9)18-8-10-5-3-2-4-6-10/h4-8,13-14H,9-10H2,1-3H3;2-6,11-12,15-16H,7-8H2,1H3. The number of ether oxygens (including phenoxy) is 6. The van der Waals surface area contributed by atoms with Crippen molar-refractivity contribution in [3.8, 4) is 0 Å². The molecule has 3 heterocycles. The van der Waals surface area contributed by atoms with Crippen LogP contribution in [0.1, 0.15) is 38.8 Å². The predicted molar refractivity (Wildman–Crippen MR) is 146 cm³/mol. The zero-order valence-corrected chi connectivity index (χ0v) is 23.6. The molecule has 0 aliphatic carbocycles. The molecule has 2 aromatic carbocycles. The summed E-state index contributed by atoms with van der Waals surface area (Å²) in [7, 11) is 0. The Bertz CT molecular complexity index is 1270. The van der Waals surface area contributed by atoms with Crippen LogP contribution in [-0.4, -0.2) is 65.6 Å². The Kier molecular flexibility index (Phi) is 9.82. The van der Waals surface area contributed by atoms with Crippen LogP contribution in [0, 0.1) is 0 Å². The highest BCUT2D eigenvalue weighted by Gasteiger charge is 2.45. The highest BCUT2D eigenvalue weighted by Crippen LogP contribution is 2.33. The van der Waals surface area contributed by atoms with Crippen molar-refractivity contribution < 1.29 is 48.2 Å². The van der Waals surface area contributed by atoms with Gasteiger partial charge in [0.15, 0.2) is 18.0 Å². The average Bonchev–Trinajstić information content (AvgIpc) is 3.58. The normalized spacial score (nSPS) is 24.0. The van der Waals surface area contributed by atoms with E-state index in [1.807, 2.05) is 81.4 Å². The van der Waals surface area contributed by atoms with Gasteiger partial charge in [0, 0.05) is 11.1 Å². The van der Waals surface area contributed by atoms with E-state index in [-0.39, 0.29) is 24.2 Å². The lowest BCUT2D eigenvalue weighted by Gasteiger charge is -2.20. The summed E-state index contributed by atoms with van der Waals surface area (Å²) in [4.78, 5) is 23.7. The van der Waals surface area contributed by atoms with Gasteiger partial charge in [-0.25, -0.2) is 9.59 Å². The van der Waals surface area contributed by atoms with E-state index in [1.54, 1.807) is 6.92 Å². The van der Waals surface area contributed by atoms with E-state index in [2.05, 4.69) is 0 Å². The maximum absolute atomic E-state index is 12.0. The third-order valence-electron chi connectivity index (χ3n) is 6.77. The van der Waals surface area contributed by atoms with Crippen molar-refractivity contribution in [1.82, 2.24) is 0 Å². The summed E-state index contributed by atoms with van der Waals surface area (Å²) in [5.74, 6) is -1.30. The molecule has 5 rings (SSSR count). The number of hydrogen-bond donors (Lipinski definition) is 2. The summed E-state index contributed by atoms with van der Waals surface area (Å²) >= 11 is 0. The minimum Gasteiger partial charge on any atom is -0.482 e. The summed E-state index contributed by atoms with van der Waals surface area (Å²) in [6, 6.07) is 19.1. The lowest BCUT2D eigenvalue weighted by atomic mass is 10.1. The Balaban J connectivity index is 0.000000191. The zero-order chi connectivity index (χ0) is 29.6. The molecule has 3 aliphatic rings. The van der Waals surface area contributed by atoms with Crippen LogP contribution < -0.4 is 0 Å². The molecular formula is C31H36O10. The fraction of sp³-hybridized carbons (Fsp3) is 0.419. The first-order valence-electron chi connectivity index (χ1n) is 13.4. The van der Waals surface area contributed by atoms with Gasteiger partial charge in [0.1, 0.15) is 25.4 Å². The highest BCUT2D eigenvalue weighted by atomic mass is 16.8. The third-order valence-corrected chi connectivity index (χ3v) is 6.77. The van der Waals surface area contributed by atoms with Gasteiger partial charge in [0.25, 0.3) is 0 Å². The van der Waals surface area contributed by atoms with Crippen LogP contribution in [-0.2, 0) is 51.2 Å². The fourth-order valence-corrected chi connectivity index (χ4v) is 4.58. The first-order chi connectivity index (χ1) is 19.6. The van der Waals surface area contributed by atoms with Crippen LogP contribution in [0.15, 0.2) is 83.3 Å². The second-order valence-electron chi connectivity index (χ2n) is 10.3. The van der Waals surface area contributed by atoms with Gasteiger partial charge in [-0.2, -0.15) is 0 Å². The van der Waals surface area contributed by atoms with Gasteiger partial charge in [-0.15, -0.1) is 0 Å². The quantitative estimate of drug-likeness (QED) is 0.435. The summed E-state index contributed by atoms with van der Waals surface area (Å²) in [6.45, 7) is 7.69. The largest absolute Gasteiger partial charge is 0.482 e. The molecule has 4 atom stereocenters. The summed E-state index contributed by atoms with van der Waals surface area (Å²) < 4.78 is 32.8. The smallest absolute Gasteiger partial charge is 0.374 e. The Hall–Kier alpha value is -3.70. The minimum atomic E-state index is -1.12. The van der Waals surface area contributed by atoms with Crippen molar-refractivity contribution >= 4 is 11.9 Å². The van der Waals surface area contributed by atoms with Crippen LogP contribution in [0.5, 0.6) is 0 Å². The van der Waals surface area contributed by atoms with Gasteiger partial charge in [-0.1, -0.05) is 60.7 Å². The molecule has 220 valence electrons. The fourth-order valence-electron chi connectivity index (χ4n) is 4.58. The molecular weight excluding hydrogens is 532 g/mol. The molecule has 2 aromatic rings. The number of benzene rings is 2. The van der Waals surface area contributed by atoms with Gasteiger partial charge in [-0.3, -0.25) is 0 Å². The number of aliphatic hydroxyl groups excluding tert-OH is 2. The van der Waals surface area contributed by atoms with Crippen LogP contribution >= 0.6 is 0 Å². The van der Waals surface area contributed by atoms with E-state index < -0.39 is 42.6 Å². The first-order valence-corrected chi connectivity index (χ1v) is 13.4. The molecule has 41 heavy (non-hydrogen) atoms. The number of hydrogen-bond acceptors (Lipinski definition) is 10. The first kappa shape index (κ1) is 30.3. The van der Waals surface area contributed by atoms with Gasteiger partial charge in [-0.05, 0) is 38.8 Å². The van der Waals surface area contributed by atoms with E-state index in [0.29, 0.717) is 18.8 Å². The van der Waals surface area contributed by atoms with Crippen LogP contribution in [0.2, 0.25) is 0 Å². The van der Waals surface area contributed by atoms with E-state index >= 15 is 0 Å². The lowest BCUT2D eigenvalue weighted by Crippen LogP contribution is -2.32. The van der Waals surface area contributed by atoms with Gasteiger partial charge < -0.3 is 38.6 Å². The molecule has 4 unspecified atom stereocenters. The van der Waals surface area contributed by atoms with Crippen molar-refractivity contribution in [1.29, 1.82) is 0 Å². The maximum Gasteiger partial charge on any atom is 0.374 e. The molecule has 10 nitrogen and oxygen atoms in total. The number of carbonyl (C=O) groups is 2. The average molecular weight is 569 g/mol. The van der Waals surface area contributed by atoms with Crippen LogP contribution in [0.25, 0.3) is 0 Å². The Morgan fingerprint density at radius 1 is 0.854 bits per heavy atom. The SMILES string of the molecule is CC1=C(OCc2ccccc2)C(=O)OC1C(O)CO.CC1=C(OCc2ccccc2)C(=O)OC1C1COC(C)(C)O1.